The maximum absolute atomic E-state index is 10.5. The summed E-state index contributed by atoms with van der Waals surface area (Å²) in [5.74, 6) is 2.64. The second-order valence-electron chi connectivity index (χ2n) is 8.19. The van der Waals surface area contributed by atoms with Crippen LogP contribution in [0.3, 0.4) is 0 Å². The second-order valence-corrected chi connectivity index (χ2v) is 8.60. The molecule has 4 bridgehead atoms. The van der Waals surface area contributed by atoms with Gasteiger partial charge in [-0.25, -0.2) is 0 Å². The van der Waals surface area contributed by atoms with Crippen molar-refractivity contribution in [3.8, 4) is 5.75 Å². The van der Waals surface area contributed by atoms with Gasteiger partial charge in [0.05, 0.1) is 11.6 Å². The molecule has 4 aliphatic rings. The molecule has 4 aliphatic carbocycles. The number of benzene rings is 1. The van der Waals surface area contributed by atoms with Gasteiger partial charge in [-0.2, -0.15) is 0 Å². The Hall–Kier alpha value is -1.22. The van der Waals surface area contributed by atoms with Gasteiger partial charge in [0.15, 0.2) is 0 Å². The van der Waals surface area contributed by atoms with Crippen LogP contribution in [0.1, 0.15) is 56.9 Å². The minimum absolute atomic E-state index is 0.128. The molecule has 130 valence electrons. The zero-order valence-electron chi connectivity index (χ0n) is 14.0. The summed E-state index contributed by atoms with van der Waals surface area (Å²) in [7, 11) is 0. The van der Waals surface area contributed by atoms with Crippen molar-refractivity contribution in [3.05, 3.63) is 28.8 Å². The number of ether oxygens (including phenoxy) is 1. The van der Waals surface area contributed by atoms with Gasteiger partial charge in [0.2, 0.25) is 0 Å². The fourth-order valence-electron chi connectivity index (χ4n) is 5.82. The van der Waals surface area contributed by atoms with Crippen molar-refractivity contribution < 1.29 is 14.6 Å². The summed E-state index contributed by atoms with van der Waals surface area (Å²) >= 11 is 6.47. The van der Waals surface area contributed by atoms with Crippen LogP contribution in [0.5, 0.6) is 5.75 Å². The first-order valence-electron chi connectivity index (χ1n) is 9.19. The number of carboxylic acids is 1. The van der Waals surface area contributed by atoms with Crippen LogP contribution in [0.2, 0.25) is 5.02 Å². The van der Waals surface area contributed by atoms with Gasteiger partial charge in [0, 0.05) is 6.42 Å². The standard InChI is InChI=1S/C20H25ClO3/c21-17-9-16(3-4-18(17)24-5-1-2-19(22)23)20-10-13-6-14(11-20)8-15(7-13)12-20/h3-4,9,13-15H,1-2,5-8,10-12H2,(H,22,23). The highest BCUT2D eigenvalue weighted by Gasteiger charge is 2.51. The summed E-state index contributed by atoms with van der Waals surface area (Å²) < 4.78 is 5.67. The van der Waals surface area contributed by atoms with Gasteiger partial charge in [0.25, 0.3) is 0 Å². The lowest BCUT2D eigenvalue weighted by atomic mass is 9.48. The summed E-state index contributed by atoms with van der Waals surface area (Å²) in [6, 6.07) is 6.30. The number of hydrogen-bond donors (Lipinski definition) is 1. The third-order valence-corrected chi connectivity index (χ3v) is 6.67. The molecule has 0 spiro atoms. The highest BCUT2D eigenvalue weighted by atomic mass is 35.5. The number of halogens is 1. The van der Waals surface area contributed by atoms with Crippen LogP contribution >= 0.6 is 11.6 Å². The quantitative estimate of drug-likeness (QED) is 0.731. The Labute approximate surface area is 148 Å². The molecule has 24 heavy (non-hydrogen) atoms. The zero-order chi connectivity index (χ0) is 16.7. The Balaban J connectivity index is 1.47. The van der Waals surface area contributed by atoms with Crippen molar-refractivity contribution in [3.63, 3.8) is 0 Å². The van der Waals surface area contributed by atoms with Crippen LogP contribution in [-0.4, -0.2) is 17.7 Å². The van der Waals surface area contributed by atoms with E-state index in [0.717, 1.165) is 17.8 Å². The third-order valence-electron chi connectivity index (χ3n) is 6.38. The number of carbonyl (C=O) groups is 1. The summed E-state index contributed by atoms with van der Waals surface area (Å²) in [4.78, 5) is 10.5. The lowest BCUT2D eigenvalue weighted by Gasteiger charge is -2.57. The average molecular weight is 349 g/mol. The number of rotatable bonds is 6. The van der Waals surface area contributed by atoms with Crippen molar-refractivity contribution >= 4 is 17.6 Å². The lowest BCUT2D eigenvalue weighted by Crippen LogP contribution is -2.48. The van der Waals surface area contributed by atoms with Crippen molar-refractivity contribution in [2.24, 2.45) is 17.8 Å². The molecule has 1 aromatic rings. The fraction of sp³-hybridized carbons (Fsp3) is 0.650. The van der Waals surface area contributed by atoms with E-state index < -0.39 is 5.97 Å². The molecule has 0 atom stereocenters. The molecule has 0 aromatic heterocycles. The Morgan fingerprint density at radius 3 is 2.33 bits per heavy atom. The molecule has 1 N–H and O–H groups in total. The molecule has 4 heteroatoms. The Morgan fingerprint density at radius 2 is 1.79 bits per heavy atom. The maximum Gasteiger partial charge on any atom is 0.303 e. The first kappa shape index (κ1) is 16.3. The summed E-state index contributed by atoms with van der Waals surface area (Å²) in [5, 5.41) is 9.34. The molecule has 0 aliphatic heterocycles. The number of carboxylic acid groups (broad SMARTS) is 1. The maximum atomic E-state index is 10.5. The van der Waals surface area contributed by atoms with Crippen LogP contribution in [0, 0.1) is 17.8 Å². The Bertz CT molecular complexity index is 604. The molecule has 0 unspecified atom stereocenters. The predicted octanol–water partition coefficient (Wildman–Crippen LogP) is 5.05. The van der Waals surface area contributed by atoms with Gasteiger partial charge in [-0.3, -0.25) is 4.79 Å². The van der Waals surface area contributed by atoms with E-state index >= 15 is 0 Å². The number of hydrogen-bond acceptors (Lipinski definition) is 2. The second kappa shape index (κ2) is 6.25. The van der Waals surface area contributed by atoms with Gasteiger partial charge in [-0.15, -0.1) is 0 Å². The normalized spacial score (nSPS) is 33.6. The highest BCUT2D eigenvalue weighted by molar-refractivity contribution is 6.32. The average Bonchev–Trinajstić information content (AvgIpc) is 2.51. The number of aliphatic carboxylic acids is 1. The van der Waals surface area contributed by atoms with E-state index in [1.54, 1.807) is 0 Å². The molecule has 4 saturated carbocycles. The van der Waals surface area contributed by atoms with Crippen molar-refractivity contribution in [1.29, 1.82) is 0 Å². The van der Waals surface area contributed by atoms with Crippen molar-refractivity contribution in [2.75, 3.05) is 6.61 Å². The van der Waals surface area contributed by atoms with Gasteiger partial charge in [-0.1, -0.05) is 17.7 Å². The van der Waals surface area contributed by atoms with E-state index in [4.69, 9.17) is 21.4 Å². The molecular formula is C20H25ClO3. The van der Waals surface area contributed by atoms with Crippen molar-refractivity contribution in [1.82, 2.24) is 0 Å². The molecule has 0 radical (unpaired) electrons. The van der Waals surface area contributed by atoms with E-state index in [0.29, 0.717) is 29.2 Å². The zero-order valence-corrected chi connectivity index (χ0v) is 14.7. The first-order chi connectivity index (χ1) is 11.5. The van der Waals surface area contributed by atoms with Gasteiger partial charge in [0.1, 0.15) is 5.75 Å². The van der Waals surface area contributed by atoms with Gasteiger partial charge >= 0.3 is 5.97 Å². The molecule has 0 amide bonds. The van der Waals surface area contributed by atoms with E-state index in [9.17, 15) is 4.79 Å². The molecule has 0 heterocycles. The SMILES string of the molecule is O=C(O)CCCOc1ccc(C23CC4CC(CC(C4)C2)C3)cc1Cl. The smallest absolute Gasteiger partial charge is 0.303 e. The van der Waals surface area contributed by atoms with Crippen LogP contribution in [0.25, 0.3) is 0 Å². The highest BCUT2D eigenvalue weighted by Crippen LogP contribution is 2.61. The monoisotopic (exact) mass is 348 g/mol. The van der Waals surface area contributed by atoms with E-state index in [2.05, 4.69) is 12.1 Å². The Kier molecular flexibility index (Phi) is 4.24. The van der Waals surface area contributed by atoms with E-state index in [-0.39, 0.29) is 6.42 Å². The van der Waals surface area contributed by atoms with Crippen LogP contribution in [0.4, 0.5) is 0 Å². The summed E-state index contributed by atoms with van der Waals surface area (Å²) in [6.07, 6.45) is 8.94. The Morgan fingerprint density at radius 1 is 1.17 bits per heavy atom. The minimum atomic E-state index is -0.790. The molecule has 3 nitrogen and oxygen atoms in total. The van der Waals surface area contributed by atoms with Crippen LogP contribution < -0.4 is 4.74 Å². The third kappa shape index (κ3) is 3.03. The largest absolute Gasteiger partial charge is 0.492 e. The summed E-state index contributed by atoms with van der Waals surface area (Å²) in [5.41, 5.74) is 1.74. The first-order valence-corrected chi connectivity index (χ1v) is 9.56. The van der Waals surface area contributed by atoms with Crippen LogP contribution in [0.15, 0.2) is 18.2 Å². The van der Waals surface area contributed by atoms with Gasteiger partial charge in [-0.05, 0) is 85.8 Å². The fourth-order valence-corrected chi connectivity index (χ4v) is 6.05. The molecular weight excluding hydrogens is 324 g/mol. The molecule has 1 aromatic carbocycles. The minimum Gasteiger partial charge on any atom is -0.492 e. The van der Waals surface area contributed by atoms with Crippen LogP contribution in [-0.2, 0) is 10.2 Å². The molecule has 4 fully saturated rings. The topological polar surface area (TPSA) is 46.5 Å². The van der Waals surface area contributed by atoms with Gasteiger partial charge < -0.3 is 9.84 Å². The predicted molar refractivity (Wildman–Crippen MR) is 93.7 cm³/mol. The molecule has 0 saturated heterocycles. The van der Waals surface area contributed by atoms with E-state index in [1.807, 2.05) is 6.07 Å². The summed E-state index contributed by atoms with van der Waals surface area (Å²) in [6.45, 7) is 0.392. The van der Waals surface area contributed by atoms with E-state index in [1.165, 1.54) is 44.1 Å². The lowest BCUT2D eigenvalue weighted by molar-refractivity contribution is -0.137. The van der Waals surface area contributed by atoms with Crippen molar-refractivity contribution in [2.45, 2.75) is 56.8 Å². The molecule has 5 rings (SSSR count).